The number of fused-ring (bicyclic) bond motifs is 8. The average Bonchev–Trinajstić information content (AvgIpc) is 3.42. The first-order valence-electron chi connectivity index (χ1n) is 9.53. The van der Waals surface area contributed by atoms with Gasteiger partial charge in [0.1, 0.15) is 0 Å². The van der Waals surface area contributed by atoms with Gasteiger partial charge in [0.15, 0.2) is 0 Å². The number of allylic oxidation sites excluding steroid dienone is 1. The summed E-state index contributed by atoms with van der Waals surface area (Å²) in [6, 6.07) is 10.4. The Balaban J connectivity index is 1.95. The Hall–Kier alpha value is -3.40. The first-order chi connectivity index (χ1) is 13.5. The highest BCUT2D eigenvalue weighted by Crippen LogP contribution is 2.29. The zero-order valence-electron chi connectivity index (χ0n) is 16.5. The molecule has 0 saturated heterocycles. The molecule has 0 spiro atoms. The van der Waals surface area contributed by atoms with E-state index in [2.05, 4.69) is 80.1 Å². The van der Waals surface area contributed by atoms with Crippen molar-refractivity contribution < 1.29 is 0 Å². The van der Waals surface area contributed by atoms with E-state index in [-0.39, 0.29) is 0 Å². The fourth-order valence-corrected chi connectivity index (χ4v) is 3.96. The largest absolute Gasteiger partial charge is 0.355 e. The summed E-state index contributed by atoms with van der Waals surface area (Å²) in [6.45, 7) is 8.59. The molecule has 0 aliphatic carbocycles. The summed E-state index contributed by atoms with van der Waals surface area (Å²) in [7, 11) is 0. The third kappa shape index (κ3) is 2.69. The average molecular weight is 366 g/mol. The second-order valence-electron chi connectivity index (χ2n) is 7.60. The van der Waals surface area contributed by atoms with E-state index < -0.39 is 0 Å². The van der Waals surface area contributed by atoms with Crippen molar-refractivity contribution in [3.8, 4) is 0 Å². The van der Waals surface area contributed by atoms with Crippen molar-refractivity contribution in [2.45, 2.75) is 27.7 Å². The molecule has 28 heavy (non-hydrogen) atoms. The number of aromatic nitrogens is 4. The summed E-state index contributed by atoms with van der Waals surface area (Å²) in [5.74, 6) is 0. The number of aromatic amines is 2. The van der Waals surface area contributed by atoms with Crippen LogP contribution in [0.15, 0.2) is 30.3 Å². The molecule has 2 aliphatic rings. The maximum atomic E-state index is 4.90. The number of hydrogen-bond acceptors (Lipinski definition) is 2. The van der Waals surface area contributed by atoms with E-state index in [1.165, 1.54) is 22.3 Å². The fourth-order valence-electron chi connectivity index (χ4n) is 3.96. The van der Waals surface area contributed by atoms with Gasteiger partial charge in [0.2, 0.25) is 0 Å². The Labute approximate surface area is 163 Å². The van der Waals surface area contributed by atoms with Crippen molar-refractivity contribution in [2.24, 2.45) is 0 Å². The summed E-state index contributed by atoms with van der Waals surface area (Å²) < 4.78 is 0. The predicted octanol–water partition coefficient (Wildman–Crippen LogP) is 5.97. The number of rotatable bonds is 0. The first kappa shape index (κ1) is 16.8. The van der Waals surface area contributed by atoms with Gasteiger partial charge in [-0.05, 0) is 98.5 Å². The maximum Gasteiger partial charge on any atom is 0.0716 e. The number of hydrogen-bond donors (Lipinski definition) is 2. The van der Waals surface area contributed by atoms with Gasteiger partial charge in [-0.3, -0.25) is 0 Å². The smallest absolute Gasteiger partial charge is 0.0716 e. The lowest BCUT2D eigenvalue weighted by molar-refractivity contribution is 1.25. The lowest BCUT2D eigenvalue weighted by atomic mass is 10.1. The van der Waals surface area contributed by atoms with E-state index in [0.717, 1.165) is 44.8 Å². The van der Waals surface area contributed by atoms with Gasteiger partial charge in [-0.2, -0.15) is 0 Å². The molecule has 5 rings (SSSR count). The highest BCUT2D eigenvalue weighted by molar-refractivity contribution is 5.87. The van der Waals surface area contributed by atoms with E-state index in [0.29, 0.717) is 0 Å². The molecule has 8 bridgehead atoms. The minimum atomic E-state index is 0.945. The minimum absolute atomic E-state index is 0.945. The van der Waals surface area contributed by atoms with Gasteiger partial charge < -0.3 is 9.97 Å². The van der Waals surface area contributed by atoms with Crippen LogP contribution in [0.4, 0.5) is 0 Å². The van der Waals surface area contributed by atoms with Gasteiger partial charge >= 0.3 is 0 Å². The van der Waals surface area contributed by atoms with Crippen LogP contribution < -0.4 is 0 Å². The molecule has 2 N–H and O–H groups in total. The van der Waals surface area contributed by atoms with Crippen LogP contribution in [0.2, 0.25) is 0 Å². The molecule has 0 atom stereocenters. The first-order valence-corrected chi connectivity index (χ1v) is 9.53. The third-order valence-electron chi connectivity index (χ3n) is 5.62. The van der Waals surface area contributed by atoms with Crippen molar-refractivity contribution >= 4 is 45.9 Å². The van der Waals surface area contributed by atoms with Gasteiger partial charge in [0.05, 0.1) is 22.8 Å². The maximum absolute atomic E-state index is 4.90. The van der Waals surface area contributed by atoms with E-state index >= 15 is 0 Å². The minimum Gasteiger partial charge on any atom is -0.355 e. The van der Waals surface area contributed by atoms with Gasteiger partial charge in [0.25, 0.3) is 0 Å². The fraction of sp³-hybridized carbons (Fsp3) is 0.167. The van der Waals surface area contributed by atoms with Crippen molar-refractivity contribution in [1.82, 2.24) is 19.9 Å². The number of nitrogens with zero attached hydrogens (tertiary/aromatic N) is 2. The Morgan fingerprint density at radius 1 is 0.679 bits per heavy atom. The van der Waals surface area contributed by atoms with Crippen molar-refractivity contribution in [3.63, 3.8) is 0 Å². The molecule has 0 fully saturated rings. The monoisotopic (exact) mass is 366 g/mol. The Kier molecular flexibility index (Phi) is 3.63. The van der Waals surface area contributed by atoms with E-state index in [1.54, 1.807) is 0 Å². The van der Waals surface area contributed by atoms with Crippen molar-refractivity contribution in [1.29, 1.82) is 0 Å². The molecule has 138 valence electrons. The van der Waals surface area contributed by atoms with Crippen LogP contribution in [0, 0.1) is 20.8 Å². The van der Waals surface area contributed by atoms with Gasteiger partial charge in [-0.15, -0.1) is 0 Å². The Bertz CT molecular complexity index is 1350. The van der Waals surface area contributed by atoms with Gasteiger partial charge in [0, 0.05) is 22.1 Å². The second kappa shape index (κ2) is 6.06. The van der Waals surface area contributed by atoms with E-state index in [9.17, 15) is 0 Å². The van der Waals surface area contributed by atoms with Crippen LogP contribution in [0.25, 0.3) is 45.9 Å². The molecule has 0 aromatic carbocycles. The summed E-state index contributed by atoms with van der Waals surface area (Å²) >= 11 is 0. The molecule has 5 heterocycles. The molecule has 0 radical (unpaired) electrons. The molecule has 0 saturated carbocycles. The summed E-state index contributed by atoms with van der Waals surface area (Å²) in [4.78, 5) is 16.7. The normalized spacial score (nSPS) is 13.1. The Morgan fingerprint density at radius 2 is 1.36 bits per heavy atom. The van der Waals surface area contributed by atoms with Crippen LogP contribution in [-0.2, 0) is 0 Å². The number of nitrogens with one attached hydrogen (secondary N) is 2. The molecular formula is C24H22N4. The number of H-pyrrole nitrogens is 2. The van der Waals surface area contributed by atoms with Crippen LogP contribution >= 0.6 is 0 Å². The molecule has 3 aromatic heterocycles. The zero-order valence-corrected chi connectivity index (χ0v) is 16.5. The zero-order chi connectivity index (χ0) is 19.4. The summed E-state index contributed by atoms with van der Waals surface area (Å²) in [6.07, 6.45) is 6.25. The number of aryl methyl sites for hydroxylation is 3. The van der Waals surface area contributed by atoms with Crippen molar-refractivity contribution in [3.05, 3.63) is 69.8 Å². The van der Waals surface area contributed by atoms with Crippen LogP contribution in [0.5, 0.6) is 0 Å². The highest BCUT2D eigenvalue weighted by atomic mass is 14.8. The van der Waals surface area contributed by atoms with Gasteiger partial charge in [-0.25, -0.2) is 9.97 Å². The van der Waals surface area contributed by atoms with Crippen molar-refractivity contribution in [2.75, 3.05) is 0 Å². The van der Waals surface area contributed by atoms with Crippen LogP contribution in [-0.4, -0.2) is 19.9 Å². The molecule has 2 aliphatic heterocycles. The SMILES string of the molecule is CC1=Cc2cc3ccc(cc4nc(cc5[nH]c(c(C)c1n2)c(C)c5C)C=C4)[nH]3. The van der Waals surface area contributed by atoms with E-state index in [4.69, 9.17) is 9.97 Å². The predicted molar refractivity (Wildman–Crippen MR) is 118 cm³/mol. The molecule has 0 unspecified atom stereocenters. The quantitative estimate of drug-likeness (QED) is 0.403. The second-order valence-corrected chi connectivity index (χ2v) is 7.60. The molecular weight excluding hydrogens is 344 g/mol. The third-order valence-corrected chi connectivity index (χ3v) is 5.62. The topological polar surface area (TPSA) is 57.4 Å². The summed E-state index contributed by atoms with van der Waals surface area (Å²) in [5, 5.41) is 0. The van der Waals surface area contributed by atoms with E-state index in [1.807, 2.05) is 6.08 Å². The Morgan fingerprint density at radius 3 is 2.11 bits per heavy atom. The lowest BCUT2D eigenvalue weighted by Gasteiger charge is -1.99. The van der Waals surface area contributed by atoms with Crippen LogP contribution in [0.3, 0.4) is 0 Å². The highest BCUT2D eigenvalue weighted by Gasteiger charge is 2.13. The molecule has 4 nitrogen and oxygen atoms in total. The van der Waals surface area contributed by atoms with Gasteiger partial charge in [-0.1, -0.05) is 0 Å². The molecule has 4 heteroatoms. The lowest BCUT2D eigenvalue weighted by Crippen LogP contribution is -1.86. The standard InChI is InChI=1S/C24H22N4/c1-13-9-21-11-19-6-5-17(25-19)10-18-7-8-20(26-18)12-22-14(2)15(3)24(28-22)16(4)23(13)27-21/h5-12,25,28H,1-4H3. The molecule has 3 aromatic rings. The molecule has 0 amide bonds. The summed E-state index contributed by atoms with van der Waals surface area (Å²) in [5.41, 5.74) is 13.1. The van der Waals surface area contributed by atoms with Crippen LogP contribution in [0.1, 0.15) is 46.4 Å².